The van der Waals surface area contributed by atoms with Crippen molar-refractivity contribution in [2.24, 2.45) is 0 Å². The third kappa shape index (κ3) is 7.41. The Hall–Kier alpha value is 0.00688. The molecule has 14 heavy (non-hydrogen) atoms. The Morgan fingerprint density at radius 1 is 1.14 bits per heavy atom. The molecule has 84 valence electrons. The van der Waals surface area contributed by atoms with Gasteiger partial charge in [-0.2, -0.15) is 0 Å². The molecule has 0 amide bonds. The number of hydrogen-bond donors (Lipinski definition) is 3. The summed E-state index contributed by atoms with van der Waals surface area (Å²) in [6.07, 6.45) is 2.80. The van der Waals surface area contributed by atoms with Gasteiger partial charge in [0.25, 0.3) is 0 Å². The van der Waals surface area contributed by atoms with E-state index in [1.54, 1.807) is 6.08 Å². The Labute approximate surface area is 87.0 Å². The van der Waals surface area contributed by atoms with Gasteiger partial charge in [-0.15, -0.1) is 0 Å². The first-order valence-electron chi connectivity index (χ1n) is 4.58. The molecule has 0 spiro atoms. The monoisotopic (exact) mass is 236 g/mol. The summed E-state index contributed by atoms with van der Waals surface area (Å²) in [6, 6.07) is 0. The molecule has 0 fully saturated rings. The van der Waals surface area contributed by atoms with E-state index < -0.39 is 15.4 Å². The van der Waals surface area contributed by atoms with Gasteiger partial charge in [0.15, 0.2) is 0 Å². The molecular weight excluding hydrogens is 215 g/mol. The average Bonchev–Trinajstić information content (AvgIpc) is 1.80. The van der Waals surface area contributed by atoms with E-state index in [9.17, 15) is 14.7 Å². The summed E-state index contributed by atoms with van der Waals surface area (Å²) in [4.78, 5) is 28.5. The molecule has 0 heterocycles. The Bertz CT molecular complexity index is 235. The molecule has 0 saturated heterocycles. The van der Waals surface area contributed by atoms with Gasteiger partial charge in [-0.3, -0.25) is 0 Å². The fourth-order valence-electron chi connectivity index (χ4n) is 0.961. The summed E-state index contributed by atoms with van der Waals surface area (Å²) in [7, 11) is -5.78. The third-order valence-corrected chi connectivity index (χ3v) is 4.80. The van der Waals surface area contributed by atoms with Crippen molar-refractivity contribution in [1.82, 2.24) is 0 Å². The second-order valence-electron chi connectivity index (χ2n) is 4.76. The van der Waals surface area contributed by atoms with E-state index in [4.69, 9.17) is 0 Å². The fraction of sp³-hybridized carbons (Fsp3) is 0.556. The van der Waals surface area contributed by atoms with Gasteiger partial charge in [0.05, 0.1) is 0 Å². The molecule has 0 atom stereocenters. The van der Waals surface area contributed by atoms with Gasteiger partial charge in [0, 0.05) is 0 Å². The summed E-state index contributed by atoms with van der Waals surface area (Å²) >= 11 is 0. The second kappa shape index (κ2) is 4.25. The Morgan fingerprint density at radius 2 is 1.64 bits per heavy atom. The van der Waals surface area contributed by atoms with Crippen LogP contribution in [0.1, 0.15) is 0 Å². The average molecular weight is 236 g/mol. The summed E-state index contributed by atoms with van der Waals surface area (Å²) < 4.78 is 0. The fourth-order valence-corrected chi connectivity index (χ4v) is 3.20. The molecule has 3 nitrogen and oxygen atoms in total. The van der Waals surface area contributed by atoms with Gasteiger partial charge in [0.2, 0.25) is 0 Å². The molecule has 0 aromatic carbocycles. The minimum atomic E-state index is -4.45. The predicted octanol–water partition coefficient (Wildman–Crippen LogP) is 1.88. The second-order valence-corrected chi connectivity index (χ2v) is 13.2. The molecule has 0 aromatic rings. The van der Waals surface area contributed by atoms with E-state index in [2.05, 4.69) is 26.2 Å². The predicted molar refractivity (Wildman–Crippen MR) is 66.0 cm³/mol. The van der Waals surface area contributed by atoms with E-state index in [0.717, 1.165) is 0 Å². The topological polar surface area (TPSA) is 60.7 Å². The normalized spacial score (nSPS) is 16.6. The van der Waals surface area contributed by atoms with Crippen molar-refractivity contribution >= 4 is 15.4 Å². The van der Waals surface area contributed by atoms with Gasteiger partial charge in [-0.05, 0) is 0 Å². The summed E-state index contributed by atoms with van der Waals surface area (Å²) in [5.41, 5.74) is 1.99. The summed E-state index contributed by atoms with van der Waals surface area (Å²) in [6.45, 7) is 9.80. The number of rotatable bonds is 5. The molecule has 3 N–H and O–H groups in total. The van der Waals surface area contributed by atoms with Crippen molar-refractivity contribution in [1.29, 1.82) is 0 Å². The van der Waals surface area contributed by atoms with Crippen molar-refractivity contribution < 1.29 is 14.7 Å². The van der Waals surface area contributed by atoms with Crippen molar-refractivity contribution in [3.63, 3.8) is 0 Å². The molecule has 0 saturated carbocycles. The molecule has 5 heteroatoms. The first-order chi connectivity index (χ1) is 6.03. The van der Waals surface area contributed by atoms with Crippen LogP contribution in [0.5, 0.6) is 0 Å². The van der Waals surface area contributed by atoms with E-state index in [1.165, 1.54) is 6.08 Å². The van der Waals surface area contributed by atoms with Gasteiger partial charge in [-0.1, -0.05) is 0 Å². The van der Waals surface area contributed by atoms with Crippen LogP contribution in [0.3, 0.4) is 0 Å². The Kier molecular flexibility index (Phi) is 4.25. The van der Waals surface area contributed by atoms with Crippen LogP contribution in [-0.2, 0) is 0 Å². The first kappa shape index (κ1) is 14.0. The van der Waals surface area contributed by atoms with Crippen LogP contribution < -0.4 is 0 Å². The van der Waals surface area contributed by atoms with Crippen LogP contribution in [0.15, 0.2) is 24.4 Å². The molecule has 0 radical (unpaired) electrons. The third-order valence-electron chi connectivity index (χ3n) is 1.60. The van der Waals surface area contributed by atoms with Crippen molar-refractivity contribution in [2.75, 3.05) is 12.3 Å². The van der Waals surface area contributed by atoms with Crippen LogP contribution in [-0.4, -0.2) is 35.1 Å². The van der Waals surface area contributed by atoms with Crippen molar-refractivity contribution in [2.45, 2.75) is 19.6 Å². The van der Waals surface area contributed by atoms with E-state index in [1.807, 2.05) is 5.70 Å². The van der Waals surface area contributed by atoms with Gasteiger partial charge >= 0.3 is 86.4 Å². The standard InChI is InChI=1S/C9H21O3PSi/c1-5-7-13(10,11,12)8-6-9-14(2,3)4/h5-6,9-12H,1,7-8H2,2-4H3. The van der Waals surface area contributed by atoms with E-state index in [-0.39, 0.29) is 12.3 Å². The Morgan fingerprint density at radius 3 is 2.00 bits per heavy atom. The van der Waals surface area contributed by atoms with Crippen LogP contribution in [0.25, 0.3) is 0 Å². The Balaban J connectivity index is 4.38. The molecule has 0 bridgehead atoms. The molecular formula is C9H21O3PSi. The van der Waals surface area contributed by atoms with Gasteiger partial charge in [-0.25, -0.2) is 0 Å². The molecule has 0 unspecified atom stereocenters. The first-order valence-corrected chi connectivity index (χ1v) is 10.6. The molecule has 0 rings (SSSR count). The van der Waals surface area contributed by atoms with E-state index in [0.29, 0.717) is 0 Å². The zero-order chi connectivity index (χ0) is 11.5. The maximum atomic E-state index is 9.51. The van der Waals surface area contributed by atoms with Crippen molar-refractivity contribution in [3.8, 4) is 0 Å². The van der Waals surface area contributed by atoms with Crippen LogP contribution in [0, 0.1) is 0 Å². The van der Waals surface area contributed by atoms with Gasteiger partial charge in [0.1, 0.15) is 0 Å². The molecule has 0 aromatic heterocycles. The van der Waals surface area contributed by atoms with E-state index >= 15 is 0 Å². The number of allylic oxidation sites excluding steroid dienone is 2. The summed E-state index contributed by atoms with van der Waals surface area (Å²) in [5, 5.41) is 0. The van der Waals surface area contributed by atoms with Crippen LogP contribution >= 0.6 is 7.28 Å². The molecule has 0 aliphatic carbocycles. The maximum absolute atomic E-state index is 9.51. The SMILES string of the molecule is C=CCP(O)(O)(O)CC=C[Si](C)(C)C. The van der Waals surface area contributed by atoms with Gasteiger partial charge < -0.3 is 0 Å². The minimum absolute atomic E-state index is 0.0676. The van der Waals surface area contributed by atoms with Crippen LogP contribution in [0.4, 0.5) is 0 Å². The van der Waals surface area contributed by atoms with Crippen molar-refractivity contribution in [3.05, 3.63) is 24.4 Å². The van der Waals surface area contributed by atoms with Crippen LogP contribution in [0.2, 0.25) is 19.6 Å². The number of hydrogen-bond acceptors (Lipinski definition) is 3. The molecule has 0 aliphatic rings. The zero-order valence-corrected chi connectivity index (χ0v) is 11.0. The zero-order valence-electron chi connectivity index (χ0n) is 9.14. The molecule has 0 aliphatic heterocycles. The summed E-state index contributed by atoms with van der Waals surface area (Å²) in [5.74, 6) is 0. The quantitative estimate of drug-likeness (QED) is 0.388.